The Morgan fingerprint density at radius 1 is 1.36 bits per heavy atom. The number of hydrogen-bond donors (Lipinski definition) is 0. The fourth-order valence-electron chi connectivity index (χ4n) is 1.76. The Morgan fingerprint density at radius 3 is 3.00 bits per heavy atom. The topological polar surface area (TPSA) is 47.4 Å². The number of oxime groups is 1. The molecule has 14 heavy (non-hydrogen) atoms. The van der Waals surface area contributed by atoms with Crippen molar-refractivity contribution in [3.8, 4) is 0 Å². The normalized spacial score (nSPS) is 20.4. The molecule has 72 valence electrons. The van der Waals surface area contributed by atoms with Crippen LogP contribution in [-0.2, 0) is 4.84 Å². The van der Waals surface area contributed by atoms with Crippen molar-refractivity contribution in [2.24, 2.45) is 5.16 Å². The monoisotopic (exact) mass is 189 g/mol. The molecule has 0 atom stereocenters. The summed E-state index contributed by atoms with van der Waals surface area (Å²) in [4.78, 5) is 4.99. The van der Waals surface area contributed by atoms with Gasteiger partial charge in [-0.2, -0.15) is 5.10 Å². The van der Waals surface area contributed by atoms with Crippen LogP contribution in [0.1, 0.15) is 36.4 Å². The highest BCUT2D eigenvalue weighted by Crippen LogP contribution is 2.41. The van der Waals surface area contributed by atoms with Crippen LogP contribution in [0.15, 0.2) is 17.4 Å². The van der Waals surface area contributed by atoms with E-state index in [1.807, 2.05) is 0 Å². The summed E-state index contributed by atoms with van der Waals surface area (Å²) in [5.41, 5.74) is 3.21. The van der Waals surface area contributed by atoms with Gasteiger partial charge in [0.15, 0.2) is 0 Å². The maximum atomic E-state index is 4.99. The van der Waals surface area contributed by atoms with Crippen molar-refractivity contribution in [1.29, 1.82) is 0 Å². The maximum Gasteiger partial charge on any atom is 0.122 e. The van der Waals surface area contributed by atoms with Crippen molar-refractivity contribution >= 4 is 5.71 Å². The molecule has 0 aromatic carbocycles. The van der Waals surface area contributed by atoms with Gasteiger partial charge in [-0.1, -0.05) is 5.16 Å². The second kappa shape index (κ2) is 3.04. The molecule has 1 saturated carbocycles. The van der Waals surface area contributed by atoms with Gasteiger partial charge in [0.05, 0.1) is 0 Å². The average Bonchev–Trinajstić information content (AvgIpc) is 2.94. The number of hydrogen-bond acceptors (Lipinski definition) is 4. The molecule has 0 spiro atoms. The summed E-state index contributed by atoms with van der Waals surface area (Å²) in [6.45, 7) is 0.677. The molecule has 0 saturated heterocycles. The minimum absolute atomic E-state index is 0.677. The number of nitrogens with zero attached hydrogens (tertiary/aromatic N) is 3. The average molecular weight is 189 g/mol. The van der Waals surface area contributed by atoms with Crippen LogP contribution in [0.3, 0.4) is 0 Å². The summed E-state index contributed by atoms with van der Waals surface area (Å²) >= 11 is 0. The third kappa shape index (κ3) is 1.27. The zero-order chi connectivity index (χ0) is 9.38. The molecule has 1 aromatic heterocycles. The van der Waals surface area contributed by atoms with Crippen LogP contribution in [0, 0.1) is 0 Å². The molecule has 1 aliphatic heterocycles. The van der Waals surface area contributed by atoms with Crippen LogP contribution in [-0.4, -0.2) is 22.5 Å². The van der Waals surface area contributed by atoms with Gasteiger partial charge in [0.25, 0.3) is 0 Å². The lowest BCUT2D eigenvalue weighted by atomic mass is 10.1. The minimum atomic E-state index is 0.677. The van der Waals surface area contributed by atoms with E-state index in [9.17, 15) is 0 Å². The first-order chi connectivity index (χ1) is 6.95. The molecule has 0 unspecified atom stereocenters. The van der Waals surface area contributed by atoms with E-state index in [0.29, 0.717) is 12.5 Å². The molecule has 4 nitrogen and oxygen atoms in total. The first kappa shape index (κ1) is 7.91. The molecular formula is C10H11N3O. The summed E-state index contributed by atoms with van der Waals surface area (Å²) in [5.74, 6) is 0.684. The molecule has 0 N–H and O–H groups in total. The summed E-state index contributed by atoms with van der Waals surface area (Å²) < 4.78 is 0. The highest BCUT2D eigenvalue weighted by Gasteiger charge is 2.29. The van der Waals surface area contributed by atoms with E-state index in [1.54, 1.807) is 6.20 Å². The Labute approximate surface area is 82.0 Å². The van der Waals surface area contributed by atoms with Crippen LogP contribution >= 0.6 is 0 Å². The maximum absolute atomic E-state index is 4.99. The molecule has 3 rings (SSSR count). The fraction of sp³-hybridized carbons (Fsp3) is 0.500. The number of rotatable bonds is 2. The predicted octanol–water partition coefficient (Wildman–Crippen LogP) is 1.48. The Morgan fingerprint density at radius 2 is 2.29 bits per heavy atom. The van der Waals surface area contributed by atoms with Crippen molar-refractivity contribution in [2.45, 2.75) is 25.2 Å². The van der Waals surface area contributed by atoms with Gasteiger partial charge < -0.3 is 4.84 Å². The van der Waals surface area contributed by atoms with Gasteiger partial charge in [0.2, 0.25) is 0 Å². The van der Waals surface area contributed by atoms with E-state index < -0.39 is 0 Å². The smallest absolute Gasteiger partial charge is 0.122 e. The minimum Gasteiger partial charge on any atom is -0.395 e. The van der Waals surface area contributed by atoms with Crippen molar-refractivity contribution in [1.82, 2.24) is 10.2 Å². The molecule has 0 bridgehead atoms. The second-order valence-electron chi connectivity index (χ2n) is 3.73. The van der Waals surface area contributed by atoms with Gasteiger partial charge in [0, 0.05) is 12.6 Å². The predicted molar refractivity (Wildman–Crippen MR) is 51.1 cm³/mol. The lowest BCUT2D eigenvalue weighted by Crippen LogP contribution is -2.06. The van der Waals surface area contributed by atoms with Crippen molar-refractivity contribution in [3.05, 3.63) is 23.5 Å². The fourth-order valence-corrected chi connectivity index (χ4v) is 1.76. The van der Waals surface area contributed by atoms with E-state index in [0.717, 1.165) is 17.8 Å². The van der Waals surface area contributed by atoms with Crippen LogP contribution in [0.25, 0.3) is 0 Å². The lowest BCUT2D eigenvalue weighted by Gasteiger charge is -2.03. The van der Waals surface area contributed by atoms with E-state index in [-0.39, 0.29) is 0 Å². The molecule has 0 radical (unpaired) electrons. The van der Waals surface area contributed by atoms with E-state index in [1.165, 1.54) is 18.4 Å². The molecule has 2 heterocycles. The first-order valence-corrected chi connectivity index (χ1v) is 4.96. The Balaban J connectivity index is 2.02. The standard InChI is InChI=1S/C10H11N3O/c1-2-7(1)8-3-5-11-12-10(8)9-4-6-14-13-9/h3,5,7H,1-2,4,6H2. The molecule has 1 aromatic rings. The molecule has 2 aliphatic rings. The van der Waals surface area contributed by atoms with Gasteiger partial charge >= 0.3 is 0 Å². The Hall–Kier alpha value is -1.45. The summed E-state index contributed by atoms with van der Waals surface area (Å²) in [6, 6.07) is 2.06. The highest BCUT2D eigenvalue weighted by atomic mass is 16.6. The highest BCUT2D eigenvalue weighted by molar-refractivity contribution is 6.00. The quantitative estimate of drug-likeness (QED) is 0.708. The molecule has 1 aliphatic carbocycles. The molecule has 0 amide bonds. The van der Waals surface area contributed by atoms with Crippen LogP contribution in [0.4, 0.5) is 0 Å². The largest absolute Gasteiger partial charge is 0.395 e. The van der Waals surface area contributed by atoms with Crippen LogP contribution in [0.5, 0.6) is 0 Å². The van der Waals surface area contributed by atoms with Crippen molar-refractivity contribution in [3.63, 3.8) is 0 Å². The van der Waals surface area contributed by atoms with Gasteiger partial charge in [-0.05, 0) is 30.4 Å². The van der Waals surface area contributed by atoms with Crippen LogP contribution in [0.2, 0.25) is 0 Å². The van der Waals surface area contributed by atoms with Gasteiger partial charge in [-0.25, -0.2) is 0 Å². The van der Waals surface area contributed by atoms with Crippen molar-refractivity contribution in [2.75, 3.05) is 6.61 Å². The third-order valence-electron chi connectivity index (χ3n) is 2.65. The molecular weight excluding hydrogens is 178 g/mol. The third-order valence-corrected chi connectivity index (χ3v) is 2.65. The molecule has 1 fully saturated rings. The second-order valence-corrected chi connectivity index (χ2v) is 3.73. The lowest BCUT2D eigenvalue weighted by molar-refractivity contribution is 0.174. The van der Waals surface area contributed by atoms with Gasteiger partial charge in [-0.15, -0.1) is 5.10 Å². The Bertz CT molecular complexity index is 385. The van der Waals surface area contributed by atoms with Crippen LogP contribution < -0.4 is 0 Å². The first-order valence-electron chi connectivity index (χ1n) is 4.96. The summed E-state index contributed by atoms with van der Waals surface area (Å²) in [6.07, 6.45) is 5.16. The van der Waals surface area contributed by atoms with E-state index >= 15 is 0 Å². The van der Waals surface area contributed by atoms with Crippen molar-refractivity contribution < 1.29 is 4.84 Å². The van der Waals surface area contributed by atoms with Gasteiger partial charge in [0.1, 0.15) is 18.0 Å². The summed E-state index contributed by atoms with van der Waals surface area (Å²) in [5, 5.41) is 12.1. The number of aromatic nitrogens is 2. The van der Waals surface area contributed by atoms with E-state index in [4.69, 9.17) is 4.84 Å². The van der Waals surface area contributed by atoms with Gasteiger partial charge in [-0.3, -0.25) is 0 Å². The van der Waals surface area contributed by atoms with E-state index in [2.05, 4.69) is 21.4 Å². The molecule has 4 heteroatoms. The Kier molecular flexibility index (Phi) is 1.72. The SMILES string of the molecule is c1cc(C2CC2)c(C2=NOCC2)nn1. The zero-order valence-corrected chi connectivity index (χ0v) is 7.81. The summed E-state index contributed by atoms with van der Waals surface area (Å²) in [7, 11) is 0. The zero-order valence-electron chi connectivity index (χ0n) is 7.81.